The molecule has 0 saturated heterocycles. The summed E-state index contributed by atoms with van der Waals surface area (Å²) in [5.41, 5.74) is 0. The van der Waals surface area contributed by atoms with E-state index in [1.807, 2.05) is 0 Å². The molecule has 1 saturated carbocycles. The maximum Gasteiger partial charge on any atom is 0.248 e. The highest BCUT2D eigenvalue weighted by Gasteiger charge is 2.37. The summed E-state index contributed by atoms with van der Waals surface area (Å²) in [4.78, 5) is 0. The van der Waals surface area contributed by atoms with Crippen LogP contribution in [0, 0.1) is 5.92 Å². The van der Waals surface area contributed by atoms with Crippen molar-refractivity contribution >= 4 is 0 Å². The van der Waals surface area contributed by atoms with Gasteiger partial charge < -0.3 is 10.1 Å². The quantitative estimate of drug-likeness (QED) is 0.764. The largest absolute Gasteiger partial charge is 0.383 e. The van der Waals surface area contributed by atoms with E-state index in [0.717, 1.165) is 13.0 Å². The van der Waals surface area contributed by atoms with Gasteiger partial charge in [-0.05, 0) is 31.7 Å². The standard InChI is InChI=1S/C12H23F2NO/c1-3-8-15-11(9-16-2)10-4-6-12(13,14)7-5-10/h10-11,15H,3-9H2,1-2H3. The van der Waals surface area contributed by atoms with E-state index in [1.165, 1.54) is 0 Å². The lowest BCUT2D eigenvalue weighted by molar-refractivity contribution is -0.0525. The fourth-order valence-electron chi connectivity index (χ4n) is 2.34. The van der Waals surface area contributed by atoms with E-state index >= 15 is 0 Å². The van der Waals surface area contributed by atoms with Crippen LogP contribution in [0.5, 0.6) is 0 Å². The number of hydrogen-bond acceptors (Lipinski definition) is 2. The molecule has 1 atom stereocenters. The molecule has 0 bridgehead atoms. The van der Waals surface area contributed by atoms with Crippen LogP contribution in [0.1, 0.15) is 39.0 Å². The van der Waals surface area contributed by atoms with Crippen LogP contribution in [0.25, 0.3) is 0 Å². The van der Waals surface area contributed by atoms with Gasteiger partial charge in [-0.2, -0.15) is 0 Å². The molecular weight excluding hydrogens is 212 g/mol. The second-order valence-corrected chi connectivity index (χ2v) is 4.71. The smallest absolute Gasteiger partial charge is 0.248 e. The van der Waals surface area contributed by atoms with Gasteiger partial charge in [-0.1, -0.05) is 6.92 Å². The zero-order valence-corrected chi connectivity index (χ0v) is 10.3. The maximum absolute atomic E-state index is 13.0. The Labute approximate surface area is 96.7 Å². The molecule has 0 aromatic heterocycles. The van der Waals surface area contributed by atoms with Crippen LogP contribution in [-0.2, 0) is 4.74 Å². The van der Waals surface area contributed by atoms with E-state index in [1.54, 1.807) is 7.11 Å². The summed E-state index contributed by atoms with van der Waals surface area (Å²) < 4.78 is 31.2. The molecule has 96 valence electrons. The molecule has 0 spiro atoms. The summed E-state index contributed by atoms with van der Waals surface area (Å²) in [5.74, 6) is -2.09. The van der Waals surface area contributed by atoms with Crippen molar-refractivity contribution in [3.63, 3.8) is 0 Å². The molecule has 0 radical (unpaired) electrons. The fraction of sp³-hybridized carbons (Fsp3) is 1.00. The third-order valence-electron chi connectivity index (χ3n) is 3.33. The molecule has 0 aromatic carbocycles. The van der Waals surface area contributed by atoms with Crippen molar-refractivity contribution in [2.24, 2.45) is 5.92 Å². The van der Waals surface area contributed by atoms with E-state index < -0.39 is 5.92 Å². The Morgan fingerprint density at radius 3 is 2.50 bits per heavy atom. The minimum absolute atomic E-state index is 0.0334. The molecule has 1 aliphatic carbocycles. The van der Waals surface area contributed by atoms with Gasteiger partial charge in [0, 0.05) is 26.0 Å². The van der Waals surface area contributed by atoms with E-state index in [0.29, 0.717) is 25.4 Å². The Balaban J connectivity index is 2.39. The minimum atomic E-state index is -2.43. The number of methoxy groups -OCH3 is 1. The van der Waals surface area contributed by atoms with Crippen LogP contribution in [0.3, 0.4) is 0 Å². The highest BCUT2D eigenvalue weighted by Crippen LogP contribution is 2.37. The first-order valence-corrected chi connectivity index (χ1v) is 6.19. The lowest BCUT2D eigenvalue weighted by Crippen LogP contribution is -2.43. The van der Waals surface area contributed by atoms with Gasteiger partial charge in [0.2, 0.25) is 5.92 Å². The third kappa shape index (κ3) is 4.34. The first-order valence-electron chi connectivity index (χ1n) is 6.19. The first kappa shape index (κ1) is 13.8. The van der Waals surface area contributed by atoms with Crippen LogP contribution in [-0.4, -0.2) is 32.2 Å². The van der Waals surface area contributed by atoms with Gasteiger partial charge in [-0.25, -0.2) is 8.78 Å². The van der Waals surface area contributed by atoms with Crippen LogP contribution in [0.4, 0.5) is 8.78 Å². The molecule has 0 aromatic rings. The second-order valence-electron chi connectivity index (χ2n) is 4.71. The molecule has 2 nitrogen and oxygen atoms in total. The number of hydrogen-bond donors (Lipinski definition) is 1. The van der Waals surface area contributed by atoms with Crippen LogP contribution in [0.15, 0.2) is 0 Å². The zero-order chi connectivity index (χ0) is 12.0. The SMILES string of the molecule is CCCNC(COC)C1CCC(F)(F)CC1. The van der Waals surface area contributed by atoms with E-state index in [-0.39, 0.29) is 18.9 Å². The van der Waals surface area contributed by atoms with E-state index in [2.05, 4.69) is 12.2 Å². The number of halogens is 2. The Morgan fingerprint density at radius 1 is 1.38 bits per heavy atom. The predicted octanol–water partition coefficient (Wildman–Crippen LogP) is 2.83. The summed E-state index contributed by atoms with van der Waals surface area (Å²) in [6, 6.07) is 0.237. The molecule has 1 N–H and O–H groups in total. The van der Waals surface area contributed by atoms with Crippen molar-refractivity contribution in [2.75, 3.05) is 20.3 Å². The van der Waals surface area contributed by atoms with Gasteiger partial charge in [0.1, 0.15) is 0 Å². The number of ether oxygens (including phenoxy) is 1. The van der Waals surface area contributed by atoms with Gasteiger partial charge >= 0.3 is 0 Å². The topological polar surface area (TPSA) is 21.3 Å². The Bertz CT molecular complexity index is 189. The summed E-state index contributed by atoms with van der Waals surface area (Å²) in [6.07, 6.45) is 2.34. The summed E-state index contributed by atoms with van der Waals surface area (Å²) in [7, 11) is 1.66. The minimum Gasteiger partial charge on any atom is -0.383 e. The van der Waals surface area contributed by atoms with Crippen molar-refractivity contribution in [1.82, 2.24) is 5.32 Å². The summed E-state index contributed by atoms with van der Waals surface area (Å²) in [6.45, 7) is 3.66. The van der Waals surface area contributed by atoms with E-state index in [4.69, 9.17) is 4.74 Å². The highest BCUT2D eigenvalue weighted by atomic mass is 19.3. The number of alkyl halides is 2. The monoisotopic (exact) mass is 235 g/mol. The lowest BCUT2D eigenvalue weighted by Gasteiger charge is -2.34. The third-order valence-corrected chi connectivity index (χ3v) is 3.33. The van der Waals surface area contributed by atoms with Gasteiger partial charge in [0.05, 0.1) is 6.61 Å². The van der Waals surface area contributed by atoms with Crippen LogP contribution in [0.2, 0.25) is 0 Å². The fourth-order valence-corrected chi connectivity index (χ4v) is 2.34. The number of rotatable bonds is 6. The first-order chi connectivity index (χ1) is 7.59. The lowest BCUT2D eigenvalue weighted by atomic mass is 9.82. The van der Waals surface area contributed by atoms with Gasteiger partial charge in [0.15, 0.2) is 0 Å². The molecule has 1 aliphatic rings. The predicted molar refractivity (Wildman–Crippen MR) is 60.9 cm³/mol. The molecule has 1 unspecified atom stereocenters. The molecule has 0 heterocycles. The normalized spacial score (nSPS) is 23.2. The van der Waals surface area contributed by atoms with Crippen molar-refractivity contribution in [3.8, 4) is 0 Å². The van der Waals surface area contributed by atoms with Crippen LogP contribution < -0.4 is 5.32 Å². The van der Waals surface area contributed by atoms with Crippen molar-refractivity contribution < 1.29 is 13.5 Å². The Morgan fingerprint density at radius 2 is 2.00 bits per heavy atom. The molecule has 16 heavy (non-hydrogen) atoms. The zero-order valence-electron chi connectivity index (χ0n) is 10.3. The van der Waals surface area contributed by atoms with Crippen molar-refractivity contribution in [1.29, 1.82) is 0 Å². The van der Waals surface area contributed by atoms with Gasteiger partial charge in [-0.3, -0.25) is 0 Å². The average molecular weight is 235 g/mol. The maximum atomic E-state index is 13.0. The van der Waals surface area contributed by atoms with E-state index in [9.17, 15) is 8.78 Å². The molecule has 0 amide bonds. The van der Waals surface area contributed by atoms with Crippen molar-refractivity contribution in [2.45, 2.75) is 51.0 Å². The molecule has 1 rings (SSSR count). The number of nitrogens with one attached hydrogen (secondary N) is 1. The second kappa shape index (κ2) is 6.50. The Kier molecular flexibility index (Phi) is 5.62. The van der Waals surface area contributed by atoms with Gasteiger partial charge in [-0.15, -0.1) is 0 Å². The van der Waals surface area contributed by atoms with Crippen molar-refractivity contribution in [3.05, 3.63) is 0 Å². The van der Waals surface area contributed by atoms with Gasteiger partial charge in [0.25, 0.3) is 0 Å². The molecule has 1 fully saturated rings. The average Bonchev–Trinajstić information content (AvgIpc) is 2.25. The molecule has 4 heteroatoms. The van der Waals surface area contributed by atoms with Crippen LogP contribution >= 0.6 is 0 Å². The molecular formula is C12H23F2NO. The molecule has 0 aliphatic heterocycles. The summed E-state index contributed by atoms with van der Waals surface area (Å²) >= 11 is 0. The summed E-state index contributed by atoms with van der Waals surface area (Å²) in [5, 5.41) is 3.40. The highest BCUT2D eigenvalue weighted by molar-refractivity contribution is 4.84. The Hall–Kier alpha value is -0.220.